The van der Waals surface area contributed by atoms with Crippen LogP contribution in [0.25, 0.3) is 0 Å². The fourth-order valence-corrected chi connectivity index (χ4v) is 1.39. The van der Waals surface area contributed by atoms with Crippen molar-refractivity contribution >= 4 is 11.5 Å². The van der Waals surface area contributed by atoms with Crippen molar-refractivity contribution in [2.24, 2.45) is 0 Å². The zero-order chi connectivity index (χ0) is 11.5. The SMILES string of the molecule is CCn1cc(Nc2nc(C)cnc2C)cn1. The lowest BCUT2D eigenvalue weighted by atomic mass is 10.4. The summed E-state index contributed by atoms with van der Waals surface area (Å²) in [6, 6.07) is 0. The molecule has 2 aromatic rings. The van der Waals surface area contributed by atoms with Gasteiger partial charge in [0.1, 0.15) is 0 Å². The summed E-state index contributed by atoms with van der Waals surface area (Å²) in [7, 11) is 0. The summed E-state index contributed by atoms with van der Waals surface area (Å²) in [4.78, 5) is 8.64. The summed E-state index contributed by atoms with van der Waals surface area (Å²) in [6.45, 7) is 6.76. The van der Waals surface area contributed by atoms with Gasteiger partial charge in [-0.25, -0.2) is 4.98 Å². The molecule has 0 unspecified atom stereocenters. The minimum absolute atomic E-state index is 0.788. The van der Waals surface area contributed by atoms with Gasteiger partial charge in [0.2, 0.25) is 0 Å². The largest absolute Gasteiger partial charge is 0.336 e. The number of nitrogens with zero attached hydrogens (tertiary/aromatic N) is 4. The van der Waals surface area contributed by atoms with Crippen LogP contribution >= 0.6 is 0 Å². The van der Waals surface area contributed by atoms with Gasteiger partial charge in [-0.05, 0) is 20.8 Å². The fourth-order valence-electron chi connectivity index (χ4n) is 1.39. The van der Waals surface area contributed by atoms with Gasteiger partial charge in [0.25, 0.3) is 0 Å². The standard InChI is InChI=1S/C11H15N5/c1-4-16-7-10(6-13-16)15-11-9(3)12-5-8(2)14-11/h5-7H,4H2,1-3H3,(H,14,15). The van der Waals surface area contributed by atoms with Crippen molar-refractivity contribution in [1.29, 1.82) is 0 Å². The van der Waals surface area contributed by atoms with Gasteiger partial charge in [-0.15, -0.1) is 0 Å². The zero-order valence-corrected chi connectivity index (χ0v) is 9.73. The van der Waals surface area contributed by atoms with Crippen molar-refractivity contribution in [3.63, 3.8) is 0 Å². The number of anilines is 2. The van der Waals surface area contributed by atoms with Crippen LogP contribution in [0.2, 0.25) is 0 Å². The van der Waals surface area contributed by atoms with Gasteiger partial charge in [-0.1, -0.05) is 0 Å². The van der Waals surface area contributed by atoms with E-state index in [9.17, 15) is 0 Å². The Morgan fingerprint density at radius 3 is 2.81 bits per heavy atom. The van der Waals surface area contributed by atoms with Crippen LogP contribution < -0.4 is 5.32 Å². The average molecular weight is 217 g/mol. The molecule has 2 heterocycles. The molecule has 0 saturated heterocycles. The number of aryl methyl sites for hydroxylation is 3. The molecule has 0 atom stereocenters. The number of aromatic nitrogens is 4. The second-order valence-corrected chi connectivity index (χ2v) is 3.66. The molecule has 0 amide bonds. The molecule has 84 valence electrons. The summed E-state index contributed by atoms with van der Waals surface area (Å²) in [6.07, 6.45) is 5.49. The quantitative estimate of drug-likeness (QED) is 0.855. The normalized spacial score (nSPS) is 10.4. The minimum Gasteiger partial charge on any atom is -0.336 e. The van der Waals surface area contributed by atoms with E-state index in [2.05, 4.69) is 27.3 Å². The van der Waals surface area contributed by atoms with Gasteiger partial charge in [0.15, 0.2) is 5.82 Å². The monoisotopic (exact) mass is 217 g/mol. The summed E-state index contributed by atoms with van der Waals surface area (Å²) in [5, 5.41) is 7.40. The maximum Gasteiger partial charge on any atom is 0.152 e. The van der Waals surface area contributed by atoms with Crippen molar-refractivity contribution < 1.29 is 0 Å². The summed E-state index contributed by atoms with van der Waals surface area (Å²) in [5.74, 6) is 0.788. The van der Waals surface area contributed by atoms with E-state index >= 15 is 0 Å². The highest BCUT2D eigenvalue weighted by atomic mass is 15.3. The maximum atomic E-state index is 4.39. The molecule has 16 heavy (non-hydrogen) atoms. The topological polar surface area (TPSA) is 55.6 Å². The van der Waals surface area contributed by atoms with Crippen LogP contribution in [0.1, 0.15) is 18.3 Å². The molecule has 0 aromatic carbocycles. The van der Waals surface area contributed by atoms with E-state index in [1.165, 1.54) is 0 Å². The Hall–Kier alpha value is -1.91. The van der Waals surface area contributed by atoms with E-state index in [0.717, 1.165) is 29.4 Å². The molecule has 1 N–H and O–H groups in total. The second-order valence-electron chi connectivity index (χ2n) is 3.66. The molecular formula is C11H15N5. The first-order chi connectivity index (χ1) is 7.69. The van der Waals surface area contributed by atoms with Gasteiger partial charge >= 0.3 is 0 Å². The Labute approximate surface area is 94.5 Å². The molecule has 0 spiro atoms. The first-order valence-electron chi connectivity index (χ1n) is 5.28. The summed E-state index contributed by atoms with van der Waals surface area (Å²) in [5.41, 5.74) is 2.72. The van der Waals surface area contributed by atoms with Gasteiger partial charge < -0.3 is 5.32 Å². The van der Waals surface area contributed by atoms with E-state index in [1.807, 2.05) is 24.7 Å². The zero-order valence-electron chi connectivity index (χ0n) is 9.73. The molecule has 2 aromatic heterocycles. The van der Waals surface area contributed by atoms with Crippen LogP contribution in [-0.2, 0) is 6.54 Å². The smallest absolute Gasteiger partial charge is 0.152 e. The molecule has 5 heteroatoms. The summed E-state index contributed by atoms with van der Waals surface area (Å²) >= 11 is 0. The van der Waals surface area contributed by atoms with E-state index in [4.69, 9.17) is 0 Å². The Kier molecular flexibility index (Phi) is 2.85. The Balaban J connectivity index is 2.22. The van der Waals surface area contributed by atoms with Crippen LogP contribution in [-0.4, -0.2) is 19.7 Å². The third kappa shape index (κ3) is 2.18. The van der Waals surface area contributed by atoms with Gasteiger partial charge in [-0.2, -0.15) is 5.10 Å². The first kappa shape index (κ1) is 10.6. The number of hydrogen-bond donors (Lipinski definition) is 1. The fraction of sp³-hybridized carbons (Fsp3) is 0.364. The van der Waals surface area contributed by atoms with Crippen LogP contribution in [0.4, 0.5) is 11.5 Å². The first-order valence-corrected chi connectivity index (χ1v) is 5.28. The minimum atomic E-state index is 0.788. The third-order valence-electron chi connectivity index (χ3n) is 2.30. The van der Waals surface area contributed by atoms with Crippen molar-refractivity contribution in [2.75, 3.05) is 5.32 Å². The number of rotatable bonds is 3. The molecule has 0 aliphatic carbocycles. The van der Waals surface area contributed by atoms with Gasteiger partial charge in [0.05, 0.1) is 23.3 Å². The molecule has 2 rings (SSSR count). The van der Waals surface area contributed by atoms with Crippen molar-refractivity contribution in [2.45, 2.75) is 27.3 Å². The Morgan fingerprint density at radius 1 is 1.31 bits per heavy atom. The average Bonchev–Trinajstić information content (AvgIpc) is 2.71. The predicted molar refractivity (Wildman–Crippen MR) is 62.7 cm³/mol. The Bertz CT molecular complexity index is 489. The second kappa shape index (κ2) is 4.30. The highest BCUT2D eigenvalue weighted by Crippen LogP contribution is 2.16. The van der Waals surface area contributed by atoms with E-state index in [1.54, 1.807) is 12.4 Å². The molecule has 0 aliphatic heterocycles. The van der Waals surface area contributed by atoms with Crippen LogP contribution in [0.3, 0.4) is 0 Å². The molecule has 0 fully saturated rings. The molecular weight excluding hydrogens is 202 g/mol. The predicted octanol–water partition coefficient (Wildman–Crippen LogP) is 2.05. The van der Waals surface area contributed by atoms with Gasteiger partial charge in [0, 0.05) is 18.9 Å². The van der Waals surface area contributed by atoms with Crippen molar-refractivity contribution in [1.82, 2.24) is 19.7 Å². The van der Waals surface area contributed by atoms with Crippen molar-refractivity contribution in [3.05, 3.63) is 30.0 Å². The molecule has 0 radical (unpaired) electrons. The molecule has 0 saturated carbocycles. The lowest BCUT2D eigenvalue weighted by Gasteiger charge is -2.05. The van der Waals surface area contributed by atoms with Crippen molar-refractivity contribution in [3.8, 4) is 0 Å². The third-order valence-corrected chi connectivity index (χ3v) is 2.30. The lowest BCUT2D eigenvalue weighted by Crippen LogP contribution is -1.99. The number of nitrogens with one attached hydrogen (secondary N) is 1. The molecule has 5 nitrogen and oxygen atoms in total. The maximum absolute atomic E-state index is 4.39. The summed E-state index contributed by atoms with van der Waals surface area (Å²) < 4.78 is 1.86. The molecule has 0 bridgehead atoms. The molecule has 0 aliphatic rings. The lowest BCUT2D eigenvalue weighted by molar-refractivity contribution is 0.660. The van der Waals surface area contributed by atoms with E-state index in [0.29, 0.717) is 0 Å². The van der Waals surface area contributed by atoms with Crippen LogP contribution in [0.15, 0.2) is 18.6 Å². The Morgan fingerprint density at radius 2 is 2.12 bits per heavy atom. The van der Waals surface area contributed by atoms with Gasteiger partial charge in [-0.3, -0.25) is 9.67 Å². The van der Waals surface area contributed by atoms with E-state index in [-0.39, 0.29) is 0 Å². The van der Waals surface area contributed by atoms with Crippen LogP contribution in [0, 0.1) is 13.8 Å². The van der Waals surface area contributed by atoms with Crippen LogP contribution in [0.5, 0.6) is 0 Å². The highest BCUT2D eigenvalue weighted by Gasteiger charge is 2.03. The van der Waals surface area contributed by atoms with E-state index < -0.39 is 0 Å². The highest BCUT2D eigenvalue weighted by molar-refractivity contribution is 5.55. The number of hydrogen-bond acceptors (Lipinski definition) is 4.